The van der Waals surface area contributed by atoms with E-state index < -0.39 is 10.0 Å². The first-order valence-electron chi connectivity index (χ1n) is 6.92. The minimum atomic E-state index is -3.46. The summed E-state index contributed by atoms with van der Waals surface area (Å²) in [5.41, 5.74) is 7.17. The second kappa shape index (κ2) is 5.50. The Bertz CT molecular complexity index is 695. The molecule has 1 fully saturated rings. The van der Waals surface area contributed by atoms with Gasteiger partial charge in [-0.1, -0.05) is 0 Å². The lowest BCUT2D eigenvalue weighted by Crippen LogP contribution is -2.39. The second-order valence-corrected chi connectivity index (χ2v) is 7.22. The maximum Gasteiger partial charge on any atom is 0.243 e. The molecule has 0 radical (unpaired) electrons. The highest BCUT2D eigenvalue weighted by atomic mass is 32.2. The summed E-state index contributed by atoms with van der Waals surface area (Å²) in [6.45, 7) is 1.03. The zero-order valence-electron chi connectivity index (χ0n) is 11.6. The fourth-order valence-corrected chi connectivity index (χ4v) is 4.22. The molecule has 7 heteroatoms. The van der Waals surface area contributed by atoms with Gasteiger partial charge in [0.1, 0.15) is 0 Å². The number of rotatable bonds is 3. The third kappa shape index (κ3) is 2.79. The molecule has 0 spiro atoms. The Kier molecular flexibility index (Phi) is 3.69. The van der Waals surface area contributed by atoms with Gasteiger partial charge in [-0.2, -0.15) is 9.40 Å². The third-order valence-electron chi connectivity index (χ3n) is 3.86. The van der Waals surface area contributed by atoms with E-state index in [0.29, 0.717) is 23.7 Å². The first-order chi connectivity index (χ1) is 10.1. The molecule has 1 aliphatic rings. The number of hydrogen-bond acceptors (Lipinski definition) is 4. The number of nitrogens with one attached hydrogen (secondary N) is 1. The van der Waals surface area contributed by atoms with E-state index >= 15 is 0 Å². The molecular formula is C14H18N4O2S. The Balaban J connectivity index is 1.83. The monoisotopic (exact) mass is 306 g/mol. The van der Waals surface area contributed by atoms with Gasteiger partial charge in [0, 0.05) is 36.6 Å². The molecule has 0 aliphatic carbocycles. The second-order valence-electron chi connectivity index (χ2n) is 5.28. The van der Waals surface area contributed by atoms with E-state index in [0.717, 1.165) is 18.5 Å². The van der Waals surface area contributed by atoms with E-state index in [1.54, 1.807) is 34.8 Å². The van der Waals surface area contributed by atoms with E-state index in [2.05, 4.69) is 10.2 Å². The van der Waals surface area contributed by atoms with Crippen LogP contribution in [0.2, 0.25) is 0 Å². The fraction of sp³-hybridized carbons (Fsp3) is 0.357. The van der Waals surface area contributed by atoms with E-state index in [1.807, 2.05) is 6.07 Å². The summed E-state index contributed by atoms with van der Waals surface area (Å²) >= 11 is 0. The maximum absolute atomic E-state index is 12.7. The van der Waals surface area contributed by atoms with Crippen LogP contribution < -0.4 is 5.73 Å². The zero-order valence-corrected chi connectivity index (χ0v) is 12.4. The van der Waals surface area contributed by atoms with Crippen LogP contribution in [0.3, 0.4) is 0 Å². The van der Waals surface area contributed by atoms with Crippen molar-refractivity contribution in [2.24, 2.45) is 0 Å². The van der Waals surface area contributed by atoms with Crippen molar-refractivity contribution in [3.05, 3.63) is 42.2 Å². The minimum absolute atomic E-state index is 0.171. The van der Waals surface area contributed by atoms with Gasteiger partial charge >= 0.3 is 0 Å². The highest BCUT2D eigenvalue weighted by Crippen LogP contribution is 2.29. The number of aromatic amines is 1. The largest absolute Gasteiger partial charge is 0.399 e. The highest BCUT2D eigenvalue weighted by Gasteiger charge is 2.31. The molecule has 1 aromatic carbocycles. The summed E-state index contributed by atoms with van der Waals surface area (Å²) in [5.74, 6) is 0.171. The van der Waals surface area contributed by atoms with Gasteiger partial charge in [0.25, 0.3) is 0 Å². The average molecular weight is 306 g/mol. The van der Waals surface area contributed by atoms with Crippen molar-refractivity contribution < 1.29 is 8.42 Å². The molecule has 2 aromatic rings. The fourth-order valence-electron chi connectivity index (χ4n) is 2.70. The topological polar surface area (TPSA) is 92.1 Å². The first kappa shape index (κ1) is 14.1. The lowest BCUT2D eigenvalue weighted by atomic mass is 9.96. The average Bonchev–Trinajstić information content (AvgIpc) is 3.02. The normalized spacial score (nSPS) is 20.5. The number of piperidine rings is 1. The van der Waals surface area contributed by atoms with Gasteiger partial charge < -0.3 is 5.73 Å². The Morgan fingerprint density at radius 1 is 1.24 bits per heavy atom. The number of anilines is 1. The van der Waals surface area contributed by atoms with Crippen LogP contribution in [-0.4, -0.2) is 36.0 Å². The van der Waals surface area contributed by atoms with Crippen LogP contribution in [-0.2, 0) is 10.0 Å². The molecular weight excluding hydrogens is 288 g/mol. The lowest BCUT2D eigenvalue weighted by molar-refractivity contribution is 0.312. The van der Waals surface area contributed by atoms with Crippen molar-refractivity contribution in [2.45, 2.75) is 23.7 Å². The van der Waals surface area contributed by atoms with Gasteiger partial charge in [-0.15, -0.1) is 0 Å². The summed E-state index contributed by atoms with van der Waals surface area (Å²) in [5, 5.41) is 6.88. The molecule has 1 unspecified atom stereocenters. The number of nitrogens with zero attached hydrogens (tertiary/aromatic N) is 2. The van der Waals surface area contributed by atoms with E-state index in [4.69, 9.17) is 5.73 Å². The number of benzene rings is 1. The molecule has 112 valence electrons. The van der Waals surface area contributed by atoms with Crippen molar-refractivity contribution >= 4 is 15.7 Å². The summed E-state index contributed by atoms with van der Waals surface area (Å²) < 4.78 is 26.9. The quantitative estimate of drug-likeness (QED) is 0.842. The maximum atomic E-state index is 12.7. The van der Waals surface area contributed by atoms with Crippen molar-refractivity contribution in [1.82, 2.24) is 14.5 Å². The molecule has 1 aliphatic heterocycles. The number of sulfonamides is 1. The molecule has 0 saturated carbocycles. The molecule has 6 nitrogen and oxygen atoms in total. The van der Waals surface area contributed by atoms with Crippen molar-refractivity contribution in [1.29, 1.82) is 0 Å². The molecule has 3 N–H and O–H groups in total. The van der Waals surface area contributed by atoms with Crippen molar-refractivity contribution in [3.8, 4) is 0 Å². The van der Waals surface area contributed by atoms with Crippen LogP contribution in [0.25, 0.3) is 0 Å². The lowest BCUT2D eigenvalue weighted by Gasteiger charge is -2.31. The van der Waals surface area contributed by atoms with Gasteiger partial charge in [0.15, 0.2) is 0 Å². The van der Waals surface area contributed by atoms with E-state index in [1.165, 1.54) is 0 Å². The molecule has 21 heavy (non-hydrogen) atoms. The molecule has 1 atom stereocenters. The number of hydrogen-bond donors (Lipinski definition) is 2. The number of nitrogen functional groups attached to an aromatic ring is 1. The van der Waals surface area contributed by atoms with Gasteiger partial charge in [0.2, 0.25) is 10.0 Å². The van der Waals surface area contributed by atoms with Crippen molar-refractivity contribution in [3.63, 3.8) is 0 Å². The SMILES string of the molecule is Nc1ccc(S(=O)(=O)N2CCCC(c3ccn[nH]3)C2)cc1. The van der Waals surface area contributed by atoms with E-state index in [-0.39, 0.29) is 5.92 Å². The number of H-pyrrole nitrogens is 1. The number of nitrogens with two attached hydrogens (primary N) is 1. The van der Waals surface area contributed by atoms with Gasteiger partial charge in [-0.25, -0.2) is 8.42 Å². The summed E-state index contributed by atoms with van der Waals surface area (Å²) in [6, 6.07) is 8.26. The van der Waals surface area contributed by atoms with Crippen LogP contribution in [0.5, 0.6) is 0 Å². The zero-order chi connectivity index (χ0) is 14.9. The van der Waals surface area contributed by atoms with Crippen LogP contribution >= 0.6 is 0 Å². The Hall–Kier alpha value is -1.86. The minimum Gasteiger partial charge on any atom is -0.399 e. The Labute approximate surface area is 124 Å². The molecule has 1 saturated heterocycles. The predicted octanol–water partition coefficient (Wildman–Crippen LogP) is 1.56. The van der Waals surface area contributed by atoms with E-state index in [9.17, 15) is 8.42 Å². The Morgan fingerprint density at radius 2 is 2.00 bits per heavy atom. The van der Waals surface area contributed by atoms with Crippen LogP contribution in [0.15, 0.2) is 41.4 Å². The van der Waals surface area contributed by atoms with Gasteiger partial charge in [0.05, 0.1) is 4.90 Å². The summed E-state index contributed by atoms with van der Waals surface area (Å²) in [6.07, 6.45) is 3.51. The molecule has 0 bridgehead atoms. The Morgan fingerprint density at radius 3 is 2.67 bits per heavy atom. The van der Waals surface area contributed by atoms with Crippen LogP contribution in [0, 0.1) is 0 Å². The summed E-state index contributed by atoms with van der Waals surface area (Å²) in [4.78, 5) is 0.293. The van der Waals surface area contributed by atoms with Crippen molar-refractivity contribution in [2.75, 3.05) is 18.8 Å². The third-order valence-corrected chi connectivity index (χ3v) is 5.74. The molecule has 2 heterocycles. The summed E-state index contributed by atoms with van der Waals surface area (Å²) in [7, 11) is -3.46. The highest BCUT2D eigenvalue weighted by molar-refractivity contribution is 7.89. The predicted molar refractivity (Wildman–Crippen MR) is 80.2 cm³/mol. The van der Waals surface area contributed by atoms with Crippen LogP contribution in [0.1, 0.15) is 24.5 Å². The smallest absolute Gasteiger partial charge is 0.243 e. The van der Waals surface area contributed by atoms with Gasteiger partial charge in [-0.3, -0.25) is 5.10 Å². The first-order valence-corrected chi connectivity index (χ1v) is 8.36. The molecule has 0 amide bonds. The molecule has 1 aromatic heterocycles. The number of aromatic nitrogens is 2. The molecule has 3 rings (SSSR count). The standard InChI is InChI=1S/C14H18N4O2S/c15-12-3-5-13(6-4-12)21(19,20)18-9-1-2-11(10-18)14-7-8-16-17-14/h3-8,11H,1-2,9-10,15H2,(H,16,17). The van der Waals surface area contributed by atoms with Gasteiger partial charge in [-0.05, 0) is 43.2 Å². The van der Waals surface area contributed by atoms with Crippen LogP contribution in [0.4, 0.5) is 5.69 Å².